The van der Waals surface area contributed by atoms with Crippen LogP contribution in [0.15, 0.2) is 42.6 Å². The van der Waals surface area contributed by atoms with Gasteiger partial charge in [-0.05, 0) is 36.4 Å². The number of morpholine rings is 1. The van der Waals surface area contributed by atoms with Gasteiger partial charge in [0.1, 0.15) is 11.6 Å². The Morgan fingerprint density at radius 3 is 2.62 bits per heavy atom. The Hall–Kier alpha value is -2.64. The highest BCUT2D eigenvalue weighted by Gasteiger charge is 2.11. The van der Waals surface area contributed by atoms with Crippen molar-refractivity contribution in [2.24, 2.45) is 0 Å². The lowest BCUT2D eigenvalue weighted by molar-refractivity contribution is 0.0383. The molecular formula is C19H24N4O3. The van der Waals surface area contributed by atoms with Gasteiger partial charge in [-0.1, -0.05) is 0 Å². The minimum absolute atomic E-state index is 0.109. The SMILES string of the molecule is COc1ccc(Nc2ccc(C(=O)NCCN3CCOCC3)cn2)cc1. The molecule has 138 valence electrons. The largest absolute Gasteiger partial charge is 0.497 e. The third-order valence-corrected chi connectivity index (χ3v) is 4.21. The van der Waals surface area contributed by atoms with Crippen molar-refractivity contribution in [3.05, 3.63) is 48.2 Å². The van der Waals surface area contributed by atoms with Gasteiger partial charge in [-0.25, -0.2) is 4.98 Å². The fraction of sp³-hybridized carbons (Fsp3) is 0.368. The molecule has 2 N–H and O–H groups in total. The number of hydrogen-bond donors (Lipinski definition) is 2. The average molecular weight is 356 g/mol. The third kappa shape index (κ3) is 5.18. The Morgan fingerprint density at radius 2 is 1.96 bits per heavy atom. The van der Waals surface area contributed by atoms with Gasteiger partial charge in [0.25, 0.3) is 5.91 Å². The standard InChI is InChI=1S/C19H24N4O3/c1-25-17-5-3-16(4-6-17)22-18-7-2-15(14-21-18)19(24)20-8-9-23-10-12-26-13-11-23/h2-7,14H,8-13H2,1H3,(H,20,24)(H,21,22). The number of amides is 1. The van der Waals surface area contributed by atoms with E-state index >= 15 is 0 Å². The van der Waals surface area contributed by atoms with Crippen LogP contribution in [0.5, 0.6) is 5.75 Å². The van der Waals surface area contributed by atoms with E-state index in [1.54, 1.807) is 25.4 Å². The Labute approximate surface area is 153 Å². The minimum atomic E-state index is -0.109. The number of ether oxygens (including phenoxy) is 2. The highest BCUT2D eigenvalue weighted by molar-refractivity contribution is 5.94. The summed E-state index contributed by atoms with van der Waals surface area (Å²) in [6.07, 6.45) is 1.58. The summed E-state index contributed by atoms with van der Waals surface area (Å²) in [6.45, 7) is 4.82. The first kappa shape index (κ1) is 18.2. The van der Waals surface area contributed by atoms with E-state index in [4.69, 9.17) is 9.47 Å². The topological polar surface area (TPSA) is 75.7 Å². The molecule has 1 aromatic carbocycles. The molecule has 0 radical (unpaired) electrons. The number of benzene rings is 1. The molecule has 0 atom stereocenters. The predicted octanol–water partition coefficient (Wildman–Crippen LogP) is 1.90. The quantitative estimate of drug-likeness (QED) is 0.789. The van der Waals surface area contributed by atoms with Crippen molar-refractivity contribution in [2.75, 3.05) is 51.8 Å². The minimum Gasteiger partial charge on any atom is -0.497 e. The molecule has 7 nitrogen and oxygen atoms in total. The van der Waals surface area contributed by atoms with Crippen LogP contribution in [0.2, 0.25) is 0 Å². The molecule has 1 fully saturated rings. The maximum atomic E-state index is 12.2. The van der Waals surface area contributed by atoms with Crippen molar-refractivity contribution in [2.45, 2.75) is 0 Å². The number of rotatable bonds is 7. The number of nitrogens with one attached hydrogen (secondary N) is 2. The van der Waals surface area contributed by atoms with E-state index in [1.807, 2.05) is 24.3 Å². The fourth-order valence-corrected chi connectivity index (χ4v) is 2.68. The summed E-state index contributed by atoms with van der Waals surface area (Å²) >= 11 is 0. The second-order valence-electron chi connectivity index (χ2n) is 6.00. The lowest BCUT2D eigenvalue weighted by atomic mass is 10.2. The van der Waals surface area contributed by atoms with Crippen LogP contribution in [0, 0.1) is 0 Å². The molecule has 1 saturated heterocycles. The average Bonchev–Trinajstić information content (AvgIpc) is 2.70. The summed E-state index contributed by atoms with van der Waals surface area (Å²) in [4.78, 5) is 18.8. The second kappa shape index (κ2) is 9.17. The van der Waals surface area contributed by atoms with Gasteiger partial charge in [0.05, 0.1) is 25.9 Å². The lowest BCUT2D eigenvalue weighted by Crippen LogP contribution is -2.41. The highest BCUT2D eigenvalue weighted by atomic mass is 16.5. The van der Waals surface area contributed by atoms with E-state index in [9.17, 15) is 4.79 Å². The molecule has 1 aliphatic rings. The molecule has 0 aliphatic carbocycles. The van der Waals surface area contributed by atoms with Gasteiger partial charge >= 0.3 is 0 Å². The van der Waals surface area contributed by atoms with Crippen LogP contribution in [0.3, 0.4) is 0 Å². The molecule has 26 heavy (non-hydrogen) atoms. The number of anilines is 2. The van der Waals surface area contributed by atoms with Crippen molar-refractivity contribution in [1.82, 2.24) is 15.2 Å². The lowest BCUT2D eigenvalue weighted by Gasteiger charge is -2.26. The molecule has 1 amide bonds. The van der Waals surface area contributed by atoms with Crippen LogP contribution in [-0.4, -0.2) is 62.3 Å². The Balaban J connectivity index is 1.47. The molecule has 0 saturated carbocycles. The maximum absolute atomic E-state index is 12.2. The summed E-state index contributed by atoms with van der Waals surface area (Å²) in [6, 6.07) is 11.1. The fourth-order valence-electron chi connectivity index (χ4n) is 2.68. The third-order valence-electron chi connectivity index (χ3n) is 4.21. The second-order valence-corrected chi connectivity index (χ2v) is 6.00. The van der Waals surface area contributed by atoms with E-state index in [0.29, 0.717) is 17.9 Å². The molecular weight excluding hydrogens is 332 g/mol. The Kier molecular flexibility index (Phi) is 6.40. The number of aromatic nitrogens is 1. The molecule has 1 aliphatic heterocycles. The van der Waals surface area contributed by atoms with Crippen LogP contribution in [0.4, 0.5) is 11.5 Å². The van der Waals surface area contributed by atoms with E-state index in [2.05, 4.69) is 20.5 Å². The van der Waals surface area contributed by atoms with Crippen molar-refractivity contribution in [1.29, 1.82) is 0 Å². The van der Waals surface area contributed by atoms with Gasteiger partial charge in [-0.3, -0.25) is 9.69 Å². The molecule has 1 aromatic heterocycles. The summed E-state index contributed by atoms with van der Waals surface area (Å²) in [5.74, 6) is 1.37. The van der Waals surface area contributed by atoms with Gasteiger partial charge in [0.15, 0.2) is 0 Å². The Bertz CT molecular complexity index is 698. The summed E-state index contributed by atoms with van der Waals surface area (Å²) in [5, 5.41) is 6.12. The van der Waals surface area contributed by atoms with Crippen LogP contribution in [0.1, 0.15) is 10.4 Å². The first-order valence-electron chi connectivity index (χ1n) is 8.70. The van der Waals surface area contributed by atoms with Gasteiger partial charge in [0.2, 0.25) is 0 Å². The van der Waals surface area contributed by atoms with Crippen LogP contribution in [-0.2, 0) is 4.74 Å². The number of pyridine rings is 1. The molecule has 0 bridgehead atoms. The number of nitrogens with zero attached hydrogens (tertiary/aromatic N) is 2. The molecule has 3 rings (SSSR count). The molecule has 7 heteroatoms. The number of carbonyl (C=O) groups excluding carboxylic acids is 1. The number of methoxy groups -OCH3 is 1. The van der Waals surface area contributed by atoms with Crippen LogP contribution >= 0.6 is 0 Å². The Morgan fingerprint density at radius 1 is 1.19 bits per heavy atom. The van der Waals surface area contributed by atoms with Gasteiger partial charge in [-0.15, -0.1) is 0 Å². The maximum Gasteiger partial charge on any atom is 0.252 e. The zero-order valence-electron chi connectivity index (χ0n) is 14.9. The van der Waals surface area contributed by atoms with Crippen molar-refractivity contribution < 1.29 is 14.3 Å². The van der Waals surface area contributed by atoms with Gasteiger partial charge in [-0.2, -0.15) is 0 Å². The van der Waals surface area contributed by atoms with Gasteiger partial charge < -0.3 is 20.1 Å². The highest BCUT2D eigenvalue weighted by Crippen LogP contribution is 2.18. The first-order chi connectivity index (χ1) is 12.7. The smallest absolute Gasteiger partial charge is 0.252 e. The molecule has 0 unspecified atom stereocenters. The summed E-state index contributed by atoms with van der Waals surface area (Å²) < 4.78 is 10.4. The van der Waals surface area contributed by atoms with Gasteiger partial charge in [0, 0.05) is 38.1 Å². The zero-order valence-corrected chi connectivity index (χ0v) is 14.9. The van der Waals surface area contributed by atoms with Crippen molar-refractivity contribution in [3.63, 3.8) is 0 Å². The van der Waals surface area contributed by atoms with E-state index < -0.39 is 0 Å². The molecule has 2 heterocycles. The number of carbonyl (C=O) groups is 1. The normalized spacial score (nSPS) is 14.7. The van der Waals surface area contributed by atoms with E-state index in [1.165, 1.54) is 0 Å². The van der Waals surface area contributed by atoms with Crippen molar-refractivity contribution >= 4 is 17.4 Å². The zero-order chi connectivity index (χ0) is 18.2. The summed E-state index contributed by atoms with van der Waals surface area (Å²) in [5.41, 5.74) is 1.45. The monoisotopic (exact) mass is 356 g/mol. The number of hydrogen-bond acceptors (Lipinski definition) is 6. The van der Waals surface area contributed by atoms with E-state index in [-0.39, 0.29) is 5.91 Å². The molecule has 2 aromatic rings. The van der Waals surface area contributed by atoms with E-state index in [0.717, 1.165) is 44.3 Å². The van der Waals surface area contributed by atoms with Crippen LogP contribution in [0.25, 0.3) is 0 Å². The van der Waals surface area contributed by atoms with Crippen LogP contribution < -0.4 is 15.4 Å². The predicted molar refractivity (Wildman–Crippen MR) is 100 cm³/mol. The first-order valence-corrected chi connectivity index (χ1v) is 8.70. The summed E-state index contributed by atoms with van der Waals surface area (Å²) in [7, 11) is 1.63. The van der Waals surface area contributed by atoms with Crippen molar-refractivity contribution in [3.8, 4) is 5.75 Å². The molecule has 0 spiro atoms.